The van der Waals surface area contributed by atoms with Crippen LogP contribution in [0, 0.1) is 18.7 Å². The Labute approximate surface area is 152 Å². The number of aryl methyl sites for hydroxylation is 1. The third-order valence-corrected chi connectivity index (χ3v) is 4.48. The van der Waals surface area contributed by atoms with Gasteiger partial charge in [0, 0.05) is 12.1 Å². The van der Waals surface area contributed by atoms with Crippen molar-refractivity contribution >= 4 is 17.5 Å². The van der Waals surface area contributed by atoms with Gasteiger partial charge in [-0.1, -0.05) is 24.3 Å². The Morgan fingerprint density at radius 1 is 1.19 bits per heavy atom. The first-order valence-corrected chi connectivity index (χ1v) is 8.18. The first kappa shape index (κ1) is 18.9. The smallest absolute Gasteiger partial charge is 0.348 e. The number of alkyl halides is 3. The van der Waals surface area contributed by atoms with E-state index in [0.29, 0.717) is 12.1 Å². The van der Waals surface area contributed by atoms with Crippen molar-refractivity contribution in [1.82, 2.24) is 5.32 Å². The Hall–Kier alpha value is -2.90. The number of hydrogen-bond acceptors (Lipinski definition) is 2. The normalized spacial score (nSPS) is 19.7. The highest BCUT2D eigenvalue weighted by molar-refractivity contribution is 5.98. The van der Waals surface area contributed by atoms with Crippen molar-refractivity contribution in [1.29, 1.82) is 0 Å². The van der Waals surface area contributed by atoms with Gasteiger partial charge in [0.1, 0.15) is 5.82 Å². The number of nitrogens with one attached hydrogen (secondary N) is 2. The standard InChI is InChI=1S/C19H16F4N2O2/c1-10-4-2-3-5-14(10)17-15(9-16(26)25-17)18(27)24-13-7-11(19(21,22)23)6-12(20)8-13/h2-8,15,17H,9H2,1H3,(H,24,27)(H,25,26)/t15?,17-/m1/s1. The van der Waals surface area contributed by atoms with Crippen molar-refractivity contribution in [3.63, 3.8) is 0 Å². The summed E-state index contributed by atoms with van der Waals surface area (Å²) in [6, 6.07) is 8.40. The van der Waals surface area contributed by atoms with Crippen LogP contribution in [0.2, 0.25) is 0 Å². The second kappa shape index (κ2) is 7.02. The zero-order valence-electron chi connectivity index (χ0n) is 14.2. The maximum Gasteiger partial charge on any atom is 0.416 e. The van der Waals surface area contributed by atoms with Crippen LogP contribution in [0.1, 0.15) is 29.2 Å². The lowest BCUT2D eigenvalue weighted by atomic mass is 9.90. The highest BCUT2D eigenvalue weighted by Crippen LogP contribution is 2.34. The summed E-state index contributed by atoms with van der Waals surface area (Å²) in [6.45, 7) is 1.83. The first-order valence-electron chi connectivity index (χ1n) is 8.18. The molecule has 1 heterocycles. The van der Waals surface area contributed by atoms with Gasteiger partial charge in [0.15, 0.2) is 0 Å². The third-order valence-electron chi connectivity index (χ3n) is 4.48. The van der Waals surface area contributed by atoms with Crippen molar-refractivity contribution in [2.75, 3.05) is 5.32 Å². The van der Waals surface area contributed by atoms with Crippen LogP contribution < -0.4 is 10.6 Å². The number of carbonyl (C=O) groups excluding carboxylic acids is 2. The Morgan fingerprint density at radius 3 is 2.56 bits per heavy atom. The molecular formula is C19H16F4N2O2. The Balaban J connectivity index is 1.86. The number of halogens is 4. The van der Waals surface area contributed by atoms with Crippen LogP contribution in [0.4, 0.5) is 23.2 Å². The monoisotopic (exact) mass is 380 g/mol. The highest BCUT2D eigenvalue weighted by Gasteiger charge is 2.39. The van der Waals surface area contributed by atoms with Gasteiger partial charge in [-0.25, -0.2) is 4.39 Å². The topological polar surface area (TPSA) is 58.2 Å². The fraction of sp³-hybridized carbons (Fsp3) is 0.263. The summed E-state index contributed by atoms with van der Waals surface area (Å²) in [6.07, 6.45) is -4.84. The summed E-state index contributed by atoms with van der Waals surface area (Å²) in [5, 5.41) is 5.03. The molecule has 0 aliphatic carbocycles. The van der Waals surface area contributed by atoms with Crippen molar-refractivity contribution in [3.05, 3.63) is 65.0 Å². The van der Waals surface area contributed by atoms with E-state index in [1.165, 1.54) is 0 Å². The van der Waals surface area contributed by atoms with E-state index in [4.69, 9.17) is 0 Å². The molecule has 0 spiro atoms. The molecule has 1 saturated heterocycles. The van der Waals surface area contributed by atoms with Gasteiger partial charge in [0.25, 0.3) is 0 Å². The zero-order valence-corrected chi connectivity index (χ0v) is 14.2. The summed E-state index contributed by atoms with van der Waals surface area (Å²) in [5.41, 5.74) is 0.107. The van der Waals surface area contributed by atoms with E-state index in [1.54, 1.807) is 12.1 Å². The minimum Gasteiger partial charge on any atom is -0.348 e. The fourth-order valence-corrected chi connectivity index (χ4v) is 3.19. The van der Waals surface area contributed by atoms with E-state index in [1.807, 2.05) is 19.1 Å². The van der Waals surface area contributed by atoms with Crippen LogP contribution in [0.15, 0.2) is 42.5 Å². The molecule has 1 aliphatic rings. The molecule has 0 aromatic heterocycles. The Bertz CT molecular complexity index is 896. The average molecular weight is 380 g/mol. The van der Waals surface area contributed by atoms with Crippen LogP contribution in [0.5, 0.6) is 0 Å². The summed E-state index contributed by atoms with van der Waals surface area (Å²) in [7, 11) is 0. The highest BCUT2D eigenvalue weighted by atomic mass is 19.4. The zero-order chi connectivity index (χ0) is 19.8. The van der Waals surface area contributed by atoms with Crippen molar-refractivity contribution in [2.45, 2.75) is 25.6 Å². The molecule has 142 valence electrons. The molecule has 0 radical (unpaired) electrons. The van der Waals surface area contributed by atoms with Gasteiger partial charge in [-0.15, -0.1) is 0 Å². The van der Waals surface area contributed by atoms with Crippen molar-refractivity contribution < 1.29 is 27.2 Å². The third kappa shape index (κ3) is 4.10. The van der Waals surface area contributed by atoms with Gasteiger partial charge in [-0.05, 0) is 36.2 Å². The first-order chi connectivity index (χ1) is 12.6. The number of amides is 2. The van der Waals surface area contributed by atoms with Crippen LogP contribution in [-0.4, -0.2) is 11.8 Å². The van der Waals surface area contributed by atoms with Crippen molar-refractivity contribution in [2.24, 2.45) is 5.92 Å². The van der Waals surface area contributed by atoms with E-state index >= 15 is 0 Å². The van der Waals surface area contributed by atoms with E-state index < -0.39 is 35.4 Å². The average Bonchev–Trinajstić information content (AvgIpc) is 2.95. The van der Waals surface area contributed by atoms with Gasteiger partial charge < -0.3 is 10.6 Å². The Kier molecular flexibility index (Phi) is 4.91. The lowest BCUT2D eigenvalue weighted by molar-refractivity contribution is -0.137. The molecule has 0 bridgehead atoms. The second-order valence-electron chi connectivity index (χ2n) is 6.43. The molecular weight excluding hydrogens is 364 g/mol. The van der Waals surface area contributed by atoms with E-state index in [9.17, 15) is 27.2 Å². The quantitative estimate of drug-likeness (QED) is 0.792. The largest absolute Gasteiger partial charge is 0.416 e. The van der Waals surface area contributed by atoms with E-state index in [-0.39, 0.29) is 18.0 Å². The number of anilines is 1. The minimum atomic E-state index is -4.74. The number of carbonyl (C=O) groups is 2. The van der Waals surface area contributed by atoms with E-state index in [2.05, 4.69) is 10.6 Å². The SMILES string of the molecule is Cc1ccccc1[C@H]1NC(=O)CC1C(=O)Nc1cc(F)cc(C(F)(F)F)c1. The fourth-order valence-electron chi connectivity index (χ4n) is 3.19. The molecule has 1 fully saturated rings. The lowest BCUT2D eigenvalue weighted by Gasteiger charge is -2.21. The minimum absolute atomic E-state index is 0.105. The molecule has 1 unspecified atom stereocenters. The molecule has 2 atom stereocenters. The van der Waals surface area contributed by atoms with Crippen LogP contribution in [-0.2, 0) is 15.8 Å². The maximum absolute atomic E-state index is 13.5. The molecule has 2 amide bonds. The van der Waals surface area contributed by atoms with Gasteiger partial charge in [0.2, 0.25) is 11.8 Å². The molecule has 0 saturated carbocycles. The molecule has 2 aromatic carbocycles. The number of rotatable bonds is 3. The lowest BCUT2D eigenvalue weighted by Crippen LogP contribution is -2.29. The maximum atomic E-state index is 13.5. The molecule has 27 heavy (non-hydrogen) atoms. The second-order valence-corrected chi connectivity index (χ2v) is 6.43. The van der Waals surface area contributed by atoms with E-state index in [0.717, 1.165) is 17.2 Å². The molecule has 1 aliphatic heterocycles. The molecule has 3 rings (SSSR count). The van der Waals surface area contributed by atoms with Crippen LogP contribution in [0.25, 0.3) is 0 Å². The van der Waals surface area contributed by atoms with Crippen LogP contribution >= 0.6 is 0 Å². The number of hydrogen-bond donors (Lipinski definition) is 2. The summed E-state index contributed by atoms with van der Waals surface area (Å²) in [5.74, 6) is -2.92. The predicted molar refractivity (Wildman–Crippen MR) is 90.2 cm³/mol. The molecule has 4 nitrogen and oxygen atoms in total. The van der Waals surface area contributed by atoms with Gasteiger partial charge >= 0.3 is 6.18 Å². The molecule has 8 heteroatoms. The predicted octanol–water partition coefficient (Wildman–Crippen LogP) is 3.97. The molecule has 2 N–H and O–H groups in total. The summed E-state index contributed by atoms with van der Waals surface area (Å²) < 4.78 is 52.0. The van der Waals surface area contributed by atoms with Gasteiger partial charge in [-0.3, -0.25) is 9.59 Å². The molecule has 2 aromatic rings. The summed E-state index contributed by atoms with van der Waals surface area (Å²) in [4.78, 5) is 24.5. The number of benzene rings is 2. The van der Waals surface area contributed by atoms with Gasteiger partial charge in [-0.2, -0.15) is 13.2 Å². The van der Waals surface area contributed by atoms with Crippen LogP contribution in [0.3, 0.4) is 0 Å². The van der Waals surface area contributed by atoms with Crippen molar-refractivity contribution in [3.8, 4) is 0 Å². The Morgan fingerprint density at radius 2 is 1.89 bits per heavy atom. The summed E-state index contributed by atoms with van der Waals surface area (Å²) >= 11 is 0. The van der Waals surface area contributed by atoms with Gasteiger partial charge in [0.05, 0.1) is 17.5 Å².